The first-order chi connectivity index (χ1) is 6.11. The quantitative estimate of drug-likeness (QED) is 0.727. The Kier molecular flexibility index (Phi) is 2.83. The number of alkyl halides is 2. The fourth-order valence-corrected chi connectivity index (χ4v) is 0.728. The van der Waals surface area contributed by atoms with Crippen molar-refractivity contribution >= 4 is 5.97 Å². The van der Waals surface area contributed by atoms with E-state index in [1.54, 1.807) is 0 Å². The largest absolute Gasteiger partial charge is 0.475 e. The third-order valence-corrected chi connectivity index (χ3v) is 1.28. The molecule has 0 aliphatic rings. The summed E-state index contributed by atoms with van der Waals surface area (Å²) in [5.41, 5.74) is 0. The average Bonchev–Trinajstić information content (AvgIpc) is 2.47. The van der Waals surface area contributed by atoms with Crippen LogP contribution in [-0.4, -0.2) is 37.7 Å². The molecule has 0 bridgehead atoms. The fourth-order valence-electron chi connectivity index (χ4n) is 0.728. The molecule has 1 N–H and O–H groups in total. The molecule has 1 aromatic heterocycles. The summed E-state index contributed by atoms with van der Waals surface area (Å²) in [6.07, 6.45) is -2.96. The number of aromatic carboxylic acids is 1. The summed E-state index contributed by atoms with van der Waals surface area (Å²) in [5, 5.41) is 17.9. The molecular formula is C5H6F2N4O2. The summed E-state index contributed by atoms with van der Waals surface area (Å²) in [6, 6.07) is 0. The molecule has 0 radical (unpaired) electrons. The molecule has 0 saturated heterocycles. The maximum atomic E-state index is 11.7. The van der Waals surface area contributed by atoms with Crippen LogP contribution >= 0.6 is 0 Å². The Morgan fingerprint density at radius 2 is 2.31 bits per heavy atom. The first-order valence-electron chi connectivity index (χ1n) is 3.39. The van der Waals surface area contributed by atoms with Crippen molar-refractivity contribution in [2.24, 2.45) is 0 Å². The van der Waals surface area contributed by atoms with Crippen molar-refractivity contribution in [3.05, 3.63) is 5.82 Å². The molecule has 0 aliphatic heterocycles. The van der Waals surface area contributed by atoms with Gasteiger partial charge in [0.05, 0.1) is 6.54 Å². The first-order valence-corrected chi connectivity index (χ1v) is 3.39. The molecule has 0 atom stereocenters. The lowest BCUT2D eigenvalue weighted by atomic mass is 10.4. The molecule has 72 valence electrons. The first kappa shape index (κ1) is 9.49. The van der Waals surface area contributed by atoms with E-state index in [9.17, 15) is 13.6 Å². The number of aryl methyl sites for hydroxylation is 1. The van der Waals surface area contributed by atoms with Crippen LogP contribution in [0.3, 0.4) is 0 Å². The highest BCUT2D eigenvalue weighted by molar-refractivity contribution is 5.82. The van der Waals surface area contributed by atoms with E-state index in [0.717, 1.165) is 4.68 Å². The lowest BCUT2D eigenvalue weighted by Gasteiger charge is -1.99. The highest BCUT2D eigenvalue weighted by atomic mass is 19.3. The molecule has 0 aromatic carbocycles. The molecular weight excluding hydrogens is 186 g/mol. The van der Waals surface area contributed by atoms with Gasteiger partial charge < -0.3 is 5.11 Å². The van der Waals surface area contributed by atoms with Crippen molar-refractivity contribution in [2.75, 3.05) is 0 Å². The lowest BCUT2D eigenvalue weighted by Crippen LogP contribution is -2.12. The van der Waals surface area contributed by atoms with Gasteiger partial charge in [0.2, 0.25) is 6.43 Å². The normalized spacial score (nSPS) is 10.7. The Bertz CT molecular complexity index is 300. The Balaban J connectivity index is 2.65. The standard InChI is InChI=1S/C5H6F2N4O2/c6-3(7)1-2-11-4(5(12)13)8-9-10-11/h3H,1-2H2,(H,12,13). The predicted octanol–water partition coefficient (Wildman–Crippen LogP) is 0.0265. The topological polar surface area (TPSA) is 80.9 Å². The molecule has 0 fully saturated rings. The number of tetrazole rings is 1. The molecule has 0 amide bonds. The van der Waals surface area contributed by atoms with E-state index < -0.39 is 24.6 Å². The number of halogens is 2. The number of carboxylic acids is 1. The van der Waals surface area contributed by atoms with Crippen molar-refractivity contribution in [2.45, 2.75) is 19.4 Å². The monoisotopic (exact) mass is 192 g/mol. The SMILES string of the molecule is O=C(O)c1nnnn1CCC(F)F. The van der Waals surface area contributed by atoms with Crippen molar-refractivity contribution in [3.8, 4) is 0 Å². The minimum Gasteiger partial charge on any atom is -0.475 e. The summed E-state index contributed by atoms with van der Waals surface area (Å²) < 4.78 is 24.3. The Labute approximate surface area is 71.2 Å². The molecule has 6 nitrogen and oxygen atoms in total. The maximum Gasteiger partial charge on any atom is 0.375 e. The lowest BCUT2D eigenvalue weighted by molar-refractivity contribution is 0.0671. The minimum atomic E-state index is -2.49. The summed E-state index contributed by atoms with van der Waals surface area (Å²) in [7, 11) is 0. The van der Waals surface area contributed by atoms with Gasteiger partial charge in [-0.3, -0.25) is 0 Å². The number of carbonyl (C=O) groups is 1. The molecule has 13 heavy (non-hydrogen) atoms. The third-order valence-electron chi connectivity index (χ3n) is 1.28. The summed E-state index contributed by atoms with van der Waals surface area (Å²) in [6.45, 7) is -0.202. The Hall–Kier alpha value is -1.60. The summed E-state index contributed by atoms with van der Waals surface area (Å²) in [5.74, 6) is -1.76. The van der Waals surface area contributed by atoms with Crippen LogP contribution in [0.5, 0.6) is 0 Å². The van der Waals surface area contributed by atoms with Gasteiger partial charge >= 0.3 is 5.97 Å². The third kappa shape index (κ3) is 2.42. The van der Waals surface area contributed by atoms with Gasteiger partial charge in [-0.25, -0.2) is 18.3 Å². The van der Waals surface area contributed by atoms with Crippen molar-refractivity contribution < 1.29 is 18.7 Å². The number of hydrogen-bond acceptors (Lipinski definition) is 4. The Morgan fingerprint density at radius 1 is 1.62 bits per heavy atom. The van der Waals surface area contributed by atoms with Crippen molar-refractivity contribution in [3.63, 3.8) is 0 Å². The highest BCUT2D eigenvalue weighted by Crippen LogP contribution is 2.02. The van der Waals surface area contributed by atoms with Gasteiger partial charge in [-0.05, 0) is 10.4 Å². The second kappa shape index (κ2) is 3.87. The zero-order valence-electron chi connectivity index (χ0n) is 6.39. The van der Waals surface area contributed by atoms with E-state index in [-0.39, 0.29) is 6.54 Å². The number of aromatic nitrogens is 4. The molecule has 1 aromatic rings. The average molecular weight is 192 g/mol. The van der Waals surface area contributed by atoms with E-state index in [2.05, 4.69) is 15.5 Å². The van der Waals surface area contributed by atoms with E-state index in [1.165, 1.54) is 0 Å². The van der Waals surface area contributed by atoms with Gasteiger partial charge in [0, 0.05) is 6.42 Å². The van der Waals surface area contributed by atoms with Crippen LogP contribution in [0.2, 0.25) is 0 Å². The minimum absolute atomic E-state index is 0.202. The van der Waals surface area contributed by atoms with Crippen LogP contribution in [0.4, 0.5) is 8.78 Å². The zero-order chi connectivity index (χ0) is 9.84. The van der Waals surface area contributed by atoms with Crippen molar-refractivity contribution in [1.82, 2.24) is 20.2 Å². The fraction of sp³-hybridized carbons (Fsp3) is 0.600. The van der Waals surface area contributed by atoms with Crippen molar-refractivity contribution in [1.29, 1.82) is 0 Å². The van der Waals surface area contributed by atoms with E-state index in [1.807, 2.05) is 0 Å². The van der Waals surface area contributed by atoms with Gasteiger partial charge in [-0.2, -0.15) is 0 Å². The van der Waals surface area contributed by atoms with Crippen LogP contribution in [0, 0.1) is 0 Å². The predicted molar refractivity (Wildman–Crippen MR) is 35.4 cm³/mol. The number of nitrogens with zero attached hydrogens (tertiary/aromatic N) is 4. The molecule has 8 heteroatoms. The molecule has 0 aliphatic carbocycles. The molecule has 0 spiro atoms. The van der Waals surface area contributed by atoms with Gasteiger partial charge in [-0.1, -0.05) is 0 Å². The number of rotatable bonds is 4. The van der Waals surface area contributed by atoms with Gasteiger partial charge in [0.1, 0.15) is 0 Å². The van der Waals surface area contributed by atoms with Crippen LogP contribution < -0.4 is 0 Å². The second-order valence-corrected chi connectivity index (χ2v) is 2.21. The van der Waals surface area contributed by atoms with Gasteiger partial charge in [-0.15, -0.1) is 5.10 Å². The Morgan fingerprint density at radius 3 is 2.85 bits per heavy atom. The van der Waals surface area contributed by atoms with Gasteiger partial charge in [0.25, 0.3) is 5.82 Å². The van der Waals surface area contributed by atoms with Crippen LogP contribution in [-0.2, 0) is 6.54 Å². The summed E-state index contributed by atoms with van der Waals surface area (Å²) >= 11 is 0. The molecule has 1 heterocycles. The second-order valence-electron chi connectivity index (χ2n) is 2.21. The zero-order valence-corrected chi connectivity index (χ0v) is 6.39. The van der Waals surface area contributed by atoms with Gasteiger partial charge in [0.15, 0.2) is 0 Å². The van der Waals surface area contributed by atoms with Crippen LogP contribution in [0.25, 0.3) is 0 Å². The van der Waals surface area contributed by atoms with E-state index in [0.29, 0.717) is 0 Å². The van der Waals surface area contributed by atoms with E-state index >= 15 is 0 Å². The molecule has 0 saturated carbocycles. The highest BCUT2D eigenvalue weighted by Gasteiger charge is 2.14. The summed E-state index contributed by atoms with van der Waals surface area (Å²) in [4.78, 5) is 10.4. The number of hydrogen-bond donors (Lipinski definition) is 1. The maximum absolute atomic E-state index is 11.7. The van der Waals surface area contributed by atoms with E-state index in [4.69, 9.17) is 5.11 Å². The molecule has 1 rings (SSSR count). The number of carboxylic acid groups (broad SMARTS) is 1. The smallest absolute Gasteiger partial charge is 0.375 e. The van der Waals surface area contributed by atoms with Crippen LogP contribution in [0.15, 0.2) is 0 Å². The molecule has 0 unspecified atom stereocenters. The van der Waals surface area contributed by atoms with Crippen LogP contribution in [0.1, 0.15) is 17.0 Å².